The Hall–Kier alpha value is -2.48. The molecule has 0 spiro atoms. The highest BCUT2D eigenvalue weighted by molar-refractivity contribution is 5.39. The standard InChI is InChI=1S/C25H26F4O/c1-2-3-18-6-12-21(13-7-18)22-14-8-19(9-15-22)4-5-20-10-16-23(17-11-20)30-25(28,29)24(26)27/h6-7,10-13,16-17,19,22,24H,2-3,8-9,14-15H2,1H3/t19-,22-. The summed E-state index contributed by atoms with van der Waals surface area (Å²) in [6.07, 6.45) is -1.86. The fourth-order valence-electron chi connectivity index (χ4n) is 3.81. The summed E-state index contributed by atoms with van der Waals surface area (Å²) in [7, 11) is 0. The molecule has 0 radical (unpaired) electrons. The Balaban J connectivity index is 1.52. The molecule has 0 unspecified atom stereocenters. The van der Waals surface area contributed by atoms with E-state index >= 15 is 0 Å². The molecular weight excluding hydrogens is 392 g/mol. The zero-order valence-corrected chi connectivity index (χ0v) is 17.0. The van der Waals surface area contributed by atoms with E-state index in [1.807, 2.05) is 0 Å². The molecule has 1 aliphatic carbocycles. The molecule has 5 heteroatoms. The van der Waals surface area contributed by atoms with Gasteiger partial charge in [0.25, 0.3) is 0 Å². The molecule has 1 aliphatic rings. The largest absolute Gasteiger partial charge is 0.461 e. The maximum atomic E-state index is 12.9. The highest BCUT2D eigenvalue weighted by Gasteiger charge is 2.43. The summed E-state index contributed by atoms with van der Waals surface area (Å²) in [6.45, 7) is 2.18. The number of aryl methyl sites for hydroxylation is 1. The molecular formula is C25H26F4O. The van der Waals surface area contributed by atoms with E-state index in [-0.39, 0.29) is 5.75 Å². The molecule has 0 saturated heterocycles. The van der Waals surface area contributed by atoms with Gasteiger partial charge in [0.15, 0.2) is 0 Å². The van der Waals surface area contributed by atoms with Crippen molar-refractivity contribution >= 4 is 0 Å². The van der Waals surface area contributed by atoms with E-state index in [0.29, 0.717) is 17.4 Å². The quantitative estimate of drug-likeness (QED) is 0.356. The maximum Gasteiger partial charge on any atom is 0.461 e. The Kier molecular flexibility index (Phi) is 7.42. The minimum absolute atomic E-state index is 0.305. The first-order valence-electron chi connectivity index (χ1n) is 10.4. The number of alkyl halides is 4. The minimum atomic E-state index is -4.50. The second-order valence-corrected chi connectivity index (χ2v) is 7.80. The second-order valence-electron chi connectivity index (χ2n) is 7.80. The van der Waals surface area contributed by atoms with E-state index in [1.54, 1.807) is 0 Å². The third-order valence-corrected chi connectivity index (χ3v) is 5.50. The predicted molar refractivity (Wildman–Crippen MR) is 110 cm³/mol. The number of benzene rings is 2. The summed E-state index contributed by atoms with van der Waals surface area (Å²) in [5.74, 6) is 6.90. The third kappa shape index (κ3) is 6.01. The zero-order valence-electron chi connectivity index (χ0n) is 17.0. The second kappa shape index (κ2) is 10.0. The highest BCUT2D eigenvalue weighted by Crippen LogP contribution is 2.35. The van der Waals surface area contributed by atoms with Crippen molar-refractivity contribution in [1.29, 1.82) is 0 Å². The van der Waals surface area contributed by atoms with E-state index in [9.17, 15) is 17.6 Å². The third-order valence-electron chi connectivity index (χ3n) is 5.50. The summed E-state index contributed by atoms with van der Waals surface area (Å²) < 4.78 is 54.3. The van der Waals surface area contributed by atoms with Gasteiger partial charge in [-0.2, -0.15) is 17.6 Å². The van der Waals surface area contributed by atoms with E-state index in [0.717, 1.165) is 38.5 Å². The van der Waals surface area contributed by atoms with Crippen LogP contribution in [0.5, 0.6) is 5.75 Å². The van der Waals surface area contributed by atoms with Crippen LogP contribution in [0.25, 0.3) is 0 Å². The molecule has 2 aromatic carbocycles. The Labute approximate surface area is 175 Å². The smallest absolute Gasteiger partial charge is 0.428 e. The van der Waals surface area contributed by atoms with Gasteiger partial charge in [-0.15, -0.1) is 0 Å². The van der Waals surface area contributed by atoms with Crippen LogP contribution in [0.1, 0.15) is 61.6 Å². The van der Waals surface area contributed by atoms with Gasteiger partial charge in [-0.25, -0.2) is 0 Å². The van der Waals surface area contributed by atoms with Gasteiger partial charge in [0.2, 0.25) is 0 Å². The summed E-state index contributed by atoms with van der Waals surface area (Å²) in [4.78, 5) is 0. The van der Waals surface area contributed by atoms with Crippen molar-refractivity contribution in [1.82, 2.24) is 0 Å². The lowest BCUT2D eigenvalue weighted by molar-refractivity contribution is -0.253. The van der Waals surface area contributed by atoms with Gasteiger partial charge in [-0.1, -0.05) is 49.5 Å². The molecule has 30 heavy (non-hydrogen) atoms. The van der Waals surface area contributed by atoms with Crippen molar-refractivity contribution in [2.75, 3.05) is 0 Å². The number of halogens is 4. The van der Waals surface area contributed by atoms with Crippen molar-refractivity contribution in [2.45, 2.75) is 63.9 Å². The van der Waals surface area contributed by atoms with E-state index in [2.05, 4.69) is 47.8 Å². The molecule has 3 rings (SSSR count). The van der Waals surface area contributed by atoms with Crippen LogP contribution in [0.2, 0.25) is 0 Å². The molecule has 0 heterocycles. The van der Waals surface area contributed by atoms with Gasteiger partial charge >= 0.3 is 12.5 Å². The first-order chi connectivity index (χ1) is 14.4. The average molecular weight is 418 g/mol. The van der Waals surface area contributed by atoms with Crippen molar-refractivity contribution in [3.63, 3.8) is 0 Å². The van der Waals surface area contributed by atoms with Gasteiger partial charge in [-0.05, 0) is 73.4 Å². The molecule has 160 valence electrons. The fraction of sp³-hybridized carbons (Fsp3) is 0.440. The Morgan fingerprint density at radius 3 is 2.17 bits per heavy atom. The van der Waals surface area contributed by atoms with E-state index < -0.39 is 12.5 Å². The maximum absolute atomic E-state index is 12.9. The summed E-state index contributed by atoms with van der Waals surface area (Å²) in [5.41, 5.74) is 3.43. The Morgan fingerprint density at radius 2 is 1.60 bits per heavy atom. The number of ether oxygens (including phenoxy) is 1. The SMILES string of the molecule is CCCc1ccc([C@H]2CC[C@H](C#Cc3ccc(OC(F)(F)C(F)F)cc3)CC2)cc1. The molecule has 0 bridgehead atoms. The molecule has 1 saturated carbocycles. The molecule has 1 nitrogen and oxygen atoms in total. The van der Waals surface area contributed by atoms with Gasteiger partial charge in [0.1, 0.15) is 5.75 Å². The average Bonchev–Trinajstić information content (AvgIpc) is 2.74. The molecule has 0 N–H and O–H groups in total. The van der Waals surface area contributed by atoms with Gasteiger partial charge in [0.05, 0.1) is 0 Å². The zero-order chi connectivity index (χ0) is 21.6. The topological polar surface area (TPSA) is 9.23 Å². The van der Waals surface area contributed by atoms with Crippen LogP contribution in [0.15, 0.2) is 48.5 Å². The van der Waals surface area contributed by atoms with Crippen molar-refractivity contribution < 1.29 is 22.3 Å². The van der Waals surface area contributed by atoms with Crippen molar-refractivity contribution in [3.05, 3.63) is 65.2 Å². The Bertz CT molecular complexity index is 855. The van der Waals surface area contributed by atoms with E-state index in [4.69, 9.17) is 0 Å². The van der Waals surface area contributed by atoms with Crippen LogP contribution >= 0.6 is 0 Å². The van der Waals surface area contributed by atoms with Crippen molar-refractivity contribution in [3.8, 4) is 17.6 Å². The Morgan fingerprint density at radius 1 is 0.967 bits per heavy atom. The van der Waals surface area contributed by atoms with Gasteiger partial charge in [-0.3, -0.25) is 0 Å². The highest BCUT2D eigenvalue weighted by atomic mass is 19.3. The predicted octanol–water partition coefficient (Wildman–Crippen LogP) is 7.20. The van der Waals surface area contributed by atoms with Crippen LogP contribution in [-0.2, 0) is 6.42 Å². The number of hydrogen-bond acceptors (Lipinski definition) is 1. The summed E-state index contributed by atoms with van der Waals surface area (Å²) >= 11 is 0. The molecule has 0 aromatic heterocycles. The van der Waals surface area contributed by atoms with Crippen molar-refractivity contribution in [2.24, 2.45) is 5.92 Å². The van der Waals surface area contributed by atoms with Crippen LogP contribution < -0.4 is 4.74 Å². The molecule has 2 aromatic rings. The monoisotopic (exact) mass is 418 g/mol. The number of rotatable bonds is 6. The van der Waals surface area contributed by atoms with Crippen LogP contribution in [0.3, 0.4) is 0 Å². The first-order valence-corrected chi connectivity index (χ1v) is 10.4. The van der Waals surface area contributed by atoms with Crippen LogP contribution in [0, 0.1) is 17.8 Å². The van der Waals surface area contributed by atoms with Gasteiger partial charge in [0, 0.05) is 11.5 Å². The molecule has 1 fully saturated rings. The normalized spacial score (nSPS) is 19.3. The summed E-state index contributed by atoms with van der Waals surface area (Å²) in [6, 6.07) is 14.5. The van der Waals surface area contributed by atoms with Crippen LogP contribution in [-0.4, -0.2) is 12.5 Å². The lowest BCUT2D eigenvalue weighted by Gasteiger charge is -2.26. The minimum Gasteiger partial charge on any atom is -0.428 e. The molecule has 0 atom stereocenters. The fourth-order valence-corrected chi connectivity index (χ4v) is 3.81. The van der Waals surface area contributed by atoms with Crippen LogP contribution in [0.4, 0.5) is 17.6 Å². The lowest BCUT2D eigenvalue weighted by Crippen LogP contribution is -2.33. The van der Waals surface area contributed by atoms with Gasteiger partial charge < -0.3 is 4.74 Å². The number of hydrogen-bond donors (Lipinski definition) is 0. The van der Waals surface area contributed by atoms with E-state index in [1.165, 1.54) is 35.4 Å². The molecule has 0 aliphatic heterocycles. The first kappa shape index (κ1) is 22.2. The molecule has 0 amide bonds. The summed E-state index contributed by atoms with van der Waals surface area (Å²) in [5, 5.41) is 0. The lowest BCUT2D eigenvalue weighted by atomic mass is 9.79.